The number of hydrogen-bond acceptors (Lipinski definition) is 3. The Morgan fingerprint density at radius 3 is 2.63 bits per heavy atom. The summed E-state index contributed by atoms with van der Waals surface area (Å²) in [5.74, 6) is 6.00. The van der Waals surface area contributed by atoms with Crippen LogP contribution in [0.2, 0.25) is 0 Å². The van der Waals surface area contributed by atoms with E-state index in [-0.39, 0.29) is 0 Å². The van der Waals surface area contributed by atoms with Crippen LogP contribution in [0.3, 0.4) is 0 Å². The third kappa shape index (κ3) is 5.80. The number of rotatable bonds is 4. The smallest absolute Gasteiger partial charge is 0.438 e. The van der Waals surface area contributed by atoms with Crippen molar-refractivity contribution in [2.24, 2.45) is 0 Å². The first-order valence-corrected chi connectivity index (χ1v) is 6.95. The molecule has 3 nitrogen and oxygen atoms in total. The minimum Gasteiger partial charge on any atom is -0.438 e. The first kappa shape index (κ1) is 15.6. The second kappa shape index (κ2) is 8.60. The Balaban J connectivity index is 2.81. The van der Waals surface area contributed by atoms with E-state index in [0.717, 1.165) is 29.3 Å². The van der Waals surface area contributed by atoms with Gasteiger partial charge < -0.3 is 9.47 Å². The van der Waals surface area contributed by atoms with Crippen LogP contribution in [0.25, 0.3) is 0 Å². The third-order valence-electron chi connectivity index (χ3n) is 2.44. The van der Waals surface area contributed by atoms with Gasteiger partial charge in [0.1, 0.15) is 0 Å². The zero-order valence-electron chi connectivity index (χ0n) is 11.1. The van der Waals surface area contributed by atoms with Gasteiger partial charge >= 0.3 is 6.16 Å². The Kier molecular flexibility index (Phi) is 7.06. The topological polar surface area (TPSA) is 35.5 Å². The van der Waals surface area contributed by atoms with Crippen LogP contribution in [0.15, 0.2) is 28.7 Å². The average Bonchev–Trinajstić information content (AvgIpc) is 2.43. The third-order valence-corrected chi connectivity index (χ3v) is 2.97. The van der Waals surface area contributed by atoms with Crippen molar-refractivity contribution >= 4 is 22.1 Å². The van der Waals surface area contributed by atoms with Crippen LogP contribution in [0.1, 0.15) is 37.9 Å². The van der Waals surface area contributed by atoms with Crippen molar-refractivity contribution in [1.29, 1.82) is 0 Å². The zero-order valence-corrected chi connectivity index (χ0v) is 12.7. The van der Waals surface area contributed by atoms with Gasteiger partial charge in [0.2, 0.25) is 0 Å². The fourth-order valence-electron chi connectivity index (χ4n) is 1.39. The largest absolute Gasteiger partial charge is 0.509 e. The van der Waals surface area contributed by atoms with Crippen LogP contribution in [0, 0.1) is 11.8 Å². The molecule has 0 aliphatic rings. The molecule has 0 radical (unpaired) electrons. The second-order valence-electron chi connectivity index (χ2n) is 3.93. The fourth-order valence-corrected chi connectivity index (χ4v) is 1.66. The van der Waals surface area contributed by atoms with Gasteiger partial charge in [0.15, 0.2) is 6.10 Å². The normalized spacial score (nSPS) is 11.1. The van der Waals surface area contributed by atoms with Gasteiger partial charge in [0.25, 0.3) is 0 Å². The monoisotopic (exact) mass is 324 g/mol. The molecule has 0 spiro atoms. The summed E-state index contributed by atoms with van der Waals surface area (Å²) in [5.41, 5.74) is 0.831. The van der Waals surface area contributed by atoms with Gasteiger partial charge in [0.05, 0.1) is 7.11 Å². The summed E-state index contributed by atoms with van der Waals surface area (Å²) in [4.78, 5) is 11.2. The lowest BCUT2D eigenvalue weighted by molar-refractivity contribution is 0.0549. The molecule has 0 N–H and O–H groups in total. The van der Waals surface area contributed by atoms with Crippen LogP contribution < -0.4 is 0 Å². The van der Waals surface area contributed by atoms with Crippen LogP contribution in [0.4, 0.5) is 4.79 Å². The summed E-state index contributed by atoms with van der Waals surface area (Å²) < 4.78 is 10.6. The number of methoxy groups -OCH3 is 1. The molecule has 102 valence electrons. The first-order valence-electron chi connectivity index (χ1n) is 6.15. The van der Waals surface area contributed by atoms with Crippen LogP contribution >= 0.6 is 15.9 Å². The molecule has 0 bridgehead atoms. The molecule has 1 aromatic carbocycles. The van der Waals surface area contributed by atoms with Crippen molar-refractivity contribution in [2.45, 2.75) is 32.3 Å². The lowest BCUT2D eigenvalue weighted by Gasteiger charge is -2.11. The Morgan fingerprint density at radius 1 is 1.37 bits per heavy atom. The molecular formula is C15H17BrO3. The Labute approximate surface area is 122 Å². The summed E-state index contributed by atoms with van der Waals surface area (Å²) in [6.45, 7) is 2.11. The maximum absolute atomic E-state index is 11.2. The van der Waals surface area contributed by atoms with Crippen molar-refractivity contribution < 1.29 is 14.3 Å². The predicted molar refractivity (Wildman–Crippen MR) is 77.7 cm³/mol. The molecule has 1 unspecified atom stereocenters. The zero-order chi connectivity index (χ0) is 14.1. The van der Waals surface area contributed by atoms with Gasteiger partial charge in [-0.15, -0.1) is 0 Å². The number of hydrogen-bond donors (Lipinski definition) is 0. The van der Waals surface area contributed by atoms with Crippen molar-refractivity contribution in [1.82, 2.24) is 0 Å². The van der Waals surface area contributed by atoms with Gasteiger partial charge in [-0.3, -0.25) is 0 Å². The van der Waals surface area contributed by atoms with E-state index in [4.69, 9.17) is 4.74 Å². The highest BCUT2D eigenvalue weighted by molar-refractivity contribution is 9.10. The SMILES string of the molecule is CCCCC#CC(OC(=O)OC)c1ccc(Br)cc1. The summed E-state index contributed by atoms with van der Waals surface area (Å²) >= 11 is 3.36. The Morgan fingerprint density at radius 2 is 2.05 bits per heavy atom. The summed E-state index contributed by atoms with van der Waals surface area (Å²) in [7, 11) is 1.28. The van der Waals surface area contributed by atoms with Crippen molar-refractivity contribution in [3.05, 3.63) is 34.3 Å². The summed E-state index contributed by atoms with van der Waals surface area (Å²) in [6.07, 6.45) is 1.62. The molecule has 1 rings (SSSR count). The molecule has 0 saturated carbocycles. The maximum Gasteiger partial charge on any atom is 0.509 e. The number of carbonyl (C=O) groups is 1. The standard InChI is InChI=1S/C15H17BrO3/c1-3-4-5-6-7-14(19-15(17)18-2)12-8-10-13(16)11-9-12/h8-11,14H,3-5H2,1-2H3. The van der Waals surface area contributed by atoms with E-state index in [1.807, 2.05) is 24.3 Å². The summed E-state index contributed by atoms with van der Waals surface area (Å²) in [5, 5.41) is 0. The molecule has 0 amide bonds. The molecular weight excluding hydrogens is 308 g/mol. The Hall–Kier alpha value is -1.47. The Bertz CT molecular complexity index is 457. The number of unbranched alkanes of at least 4 members (excludes halogenated alkanes) is 2. The second-order valence-corrected chi connectivity index (χ2v) is 4.84. The molecule has 0 saturated heterocycles. The van der Waals surface area contributed by atoms with E-state index >= 15 is 0 Å². The molecule has 0 heterocycles. The van der Waals surface area contributed by atoms with E-state index in [1.165, 1.54) is 7.11 Å². The van der Waals surface area contributed by atoms with E-state index in [1.54, 1.807) is 0 Å². The van der Waals surface area contributed by atoms with Gasteiger partial charge in [-0.2, -0.15) is 0 Å². The molecule has 0 aliphatic heterocycles. The number of benzene rings is 1. The lowest BCUT2D eigenvalue weighted by Crippen LogP contribution is -2.10. The molecule has 0 aliphatic carbocycles. The van der Waals surface area contributed by atoms with Crippen LogP contribution in [-0.4, -0.2) is 13.3 Å². The molecule has 0 aromatic heterocycles. The minimum atomic E-state index is -0.724. The average molecular weight is 325 g/mol. The molecule has 19 heavy (non-hydrogen) atoms. The highest BCUT2D eigenvalue weighted by atomic mass is 79.9. The molecule has 0 fully saturated rings. The van der Waals surface area contributed by atoms with Gasteiger partial charge in [-0.1, -0.05) is 53.2 Å². The molecule has 1 aromatic rings. The minimum absolute atomic E-state index is 0.586. The lowest BCUT2D eigenvalue weighted by atomic mass is 10.1. The van der Waals surface area contributed by atoms with Crippen molar-refractivity contribution in [2.75, 3.05) is 7.11 Å². The van der Waals surface area contributed by atoms with Crippen molar-refractivity contribution in [3.8, 4) is 11.8 Å². The van der Waals surface area contributed by atoms with E-state index < -0.39 is 12.3 Å². The predicted octanol–water partition coefficient (Wildman–Crippen LogP) is 4.47. The van der Waals surface area contributed by atoms with Gasteiger partial charge in [-0.05, 0) is 18.6 Å². The number of halogens is 1. The van der Waals surface area contributed by atoms with E-state index in [0.29, 0.717) is 0 Å². The first-order chi connectivity index (χ1) is 9.17. The fraction of sp³-hybridized carbons (Fsp3) is 0.400. The molecule has 4 heteroatoms. The van der Waals surface area contributed by atoms with Gasteiger partial charge in [-0.25, -0.2) is 4.79 Å². The summed E-state index contributed by atoms with van der Waals surface area (Å²) in [6, 6.07) is 7.51. The van der Waals surface area contributed by atoms with Crippen LogP contribution in [-0.2, 0) is 9.47 Å². The maximum atomic E-state index is 11.2. The number of carbonyl (C=O) groups excluding carboxylic acids is 1. The van der Waals surface area contributed by atoms with E-state index in [9.17, 15) is 4.79 Å². The van der Waals surface area contributed by atoms with Crippen molar-refractivity contribution in [3.63, 3.8) is 0 Å². The van der Waals surface area contributed by atoms with Crippen LogP contribution in [0.5, 0.6) is 0 Å². The highest BCUT2D eigenvalue weighted by Gasteiger charge is 2.14. The molecule has 1 atom stereocenters. The van der Waals surface area contributed by atoms with Gasteiger partial charge in [0, 0.05) is 16.5 Å². The quantitative estimate of drug-likeness (QED) is 0.465. The van der Waals surface area contributed by atoms with E-state index in [2.05, 4.69) is 39.4 Å². The number of ether oxygens (including phenoxy) is 2. The highest BCUT2D eigenvalue weighted by Crippen LogP contribution is 2.20.